The highest BCUT2D eigenvalue weighted by Crippen LogP contribution is 2.47. The molecule has 0 aliphatic carbocycles. The molecule has 2 fully saturated rings. The number of hydrogen-bond acceptors (Lipinski definition) is 8. The first-order chi connectivity index (χ1) is 21.9. The van der Waals surface area contributed by atoms with Crippen LogP contribution in [0.15, 0.2) is 72.8 Å². The molecular weight excluding hydrogens is 600 g/mol. The van der Waals surface area contributed by atoms with Crippen LogP contribution in [-0.4, -0.2) is 77.3 Å². The van der Waals surface area contributed by atoms with Gasteiger partial charge < -0.3 is 32.8 Å². The van der Waals surface area contributed by atoms with Crippen LogP contribution >= 0.6 is 0 Å². The number of ether oxygens (including phenoxy) is 6. The Morgan fingerprint density at radius 1 is 1.00 bits per heavy atom. The molecule has 0 unspecified atom stereocenters. The Balaban J connectivity index is 1.63. The second-order valence-corrected chi connectivity index (χ2v) is 19.0. The monoisotopic (exact) mass is 654 g/mol. The summed E-state index contributed by atoms with van der Waals surface area (Å²) < 4.78 is 45.6. The van der Waals surface area contributed by atoms with Crippen LogP contribution in [0, 0.1) is 0 Å². The maximum absolute atomic E-state index is 11.7. The van der Waals surface area contributed by atoms with Crippen molar-refractivity contribution in [3.05, 3.63) is 83.9 Å². The number of aldehydes is 1. The van der Waals surface area contributed by atoms with Gasteiger partial charge in [0.15, 0.2) is 8.32 Å². The minimum absolute atomic E-state index is 0.00744. The third kappa shape index (κ3) is 9.23. The van der Waals surface area contributed by atoms with Crippen molar-refractivity contribution in [2.24, 2.45) is 0 Å². The second-order valence-electron chi connectivity index (χ2n) is 14.2. The number of rotatable bonds is 16. The fourth-order valence-corrected chi connectivity index (χ4v) is 7.40. The molecule has 2 aliphatic heterocycles. The average Bonchev–Trinajstić information content (AvgIpc) is 3.02. The zero-order valence-corrected chi connectivity index (χ0v) is 29.7. The second kappa shape index (κ2) is 16.3. The molecule has 2 aromatic rings. The summed E-state index contributed by atoms with van der Waals surface area (Å²) in [4.78, 5) is 11.7. The SMILES string of the molecule is C=C(C=O)C[C@@H]1O[C@@]2(C)[C@H](C[C@H]1O[Si](C)(C)C(C)(C)C)O[C@H](CCOCc1ccccc1)[C@@H](OCc1ccccc1)[C@H]2OCOC. The first-order valence-electron chi connectivity index (χ1n) is 16.4. The summed E-state index contributed by atoms with van der Waals surface area (Å²) in [6.45, 7) is 18.6. The smallest absolute Gasteiger partial charge is 0.192 e. The van der Waals surface area contributed by atoms with Crippen molar-refractivity contribution in [2.75, 3.05) is 20.5 Å². The van der Waals surface area contributed by atoms with Crippen molar-refractivity contribution in [1.29, 1.82) is 0 Å². The number of hydrogen-bond donors (Lipinski definition) is 0. The largest absolute Gasteiger partial charge is 0.411 e. The van der Waals surface area contributed by atoms with Crippen LogP contribution in [0.25, 0.3) is 0 Å². The number of fused-ring (bicyclic) bond motifs is 1. The molecule has 0 radical (unpaired) electrons. The molecule has 0 N–H and O–H groups in total. The van der Waals surface area contributed by atoms with E-state index in [0.29, 0.717) is 44.7 Å². The lowest BCUT2D eigenvalue weighted by molar-refractivity contribution is -0.343. The van der Waals surface area contributed by atoms with E-state index in [-0.39, 0.29) is 30.1 Å². The van der Waals surface area contributed by atoms with E-state index in [1.165, 1.54) is 0 Å². The molecule has 254 valence electrons. The summed E-state index contributed by atoms with van der Waals surface area (Å²) >= 11 is 0. The van der Waals surface area contributed by atoms with Crippen LogP contribution in [0.2, 0.25) is 18.1 Å². The topological polar surface area (TPSA) is 81.7 Å². The van der Waals surface area contributed by atoms with Gasteiger partial charge in [-0.15, -0.1) is 0 Å². The summed E-state index contributed by atoms with van der Waals surface area (Å²) in [6, 6.07) is 20.2. The lowest BCUT2D eigenvalue weighted by atomic mass is 9.77. The number of benzene rings is 2. The van der Waals surface area contributed by atoms with Gasteiger partial charge in [0, 0.05) is 26.6 Å². The predicted octanol–water partition coefficient (Wildman–Crippen LogP) is 7.02. The van der Waals surface area contributed by atoms with Crippen LogP contribution in [0.3, 0.4) is 0 Å². The molecular formula is C37H54O8Si. The molecule has 0 saturated carbocycles. The maximum atomic E-state index is 11.7. The van der Waals surface area contributed by atoms with Crippen molar-refractivity contribution < 1.29 is 37.6 Å². The van der Waals surface area contributed by atoms with Crippen LogP contribution < -0.4 is 0 Å². The van der Waals surface area contributed by atoms with Gasteiger partial charge in [0.25, 0.3) is 0 Å². The maximum Gasteiger partial charge on any atom is 0.192 e. The first kappa shape index (κ1) is 36.6. The zero-order chi connectivity index (χ0) is 33.4. The summed E-state index contributed by atoms with van der Waals surface area (Å²) in [6.07, 6.45) is -0.0626. The van der Waals surface area contributed by atoms with E-state index in [0.717, 1.165) is 17.4 Å². The molecule has 0 amide bonds. The zero-order valence-electron chi connectivity index (χ0n) is 28.7. The standard InChI is InChI=1S/C37H54O8Si/c1-27(23-38)21-31-32(45-46(7,8)36(2,3)4)22-33-37(5,44-31)35(42-26-39-6)34(41-25-29-17-13-10-14-18-29)30(43-33)19-20-40-24-28-15-11-9-12-16-28/h9-18,23,30-35H,1,19-22,24-26H2,2-8H3/t30-,31+,32-,33+,34-,35-,37+/m1/s1. The van der Waals surface area contributed by atoms with Gasteiger partial charge in [-0.25, -0.2) is 0 Å². The van der Waals surface area contributed by atoms with Gasteiger partial charge in [0.1, 0.15) is 30.9 Å². The normalized spacial score (nSPS) is 28.4. The van der Waals surface area contributed by atoms with Crippen molar-refractivity contribution >= 4 is 14.6 Å². The van der Waals surface area contributed by atoms with E-state index in [1.807, 2.05) is 55.5 Å². The Labute approximate surface area is 276 Å². The van der Waals surface area contributed by atoms with Crippen LogP contribution in [0.5, 0.6) is 0 Å². The summed E-state index contributed by atoms with van der Waals surface area (Å²) in [5.74, 6) is 0. The summed E-state index contributed by atoms with van der Waals surface area (Å²) in [5, 5.41) is -0.00744. The van der Waals surface area contributed by atoms with Gasteiger partial charge >= 0.3 is 0 Å². The fraction of sp³-hybridized carbons (Fsp3) is 0.595. The highest BCUT2D eigenvalue weighted by molar-refractivity contribution is 6.74. The van der Waals surface area contributed by atoms with Crippen molar-refractivity contribution in [3.63, 3.8) is 0 Å². The molecule has 2 saturated heterocycles. The van der Waals surface area contributed by atoms with E-state index in [2.05, 4.69) is 52.6 Å². The van der Waals surface area contributed by atoms with Crippen LogP contribution in [0.4, 0.5) is 0 Å². The molecule has 0 bridgehead atoms. The lowest BCUT2D eigenvalue weighted by Gasteiger charge is -2.58. The Bertz CT molecular complexity index is 1230. The Hall–Kier alpha value is -2.21. The van der Waals surface area contributed by atoms with Crippen molar-refractivity contribution in [2.45, 2.75) is 121 Å². The molecule has 2 heterocycles. The van der Waals surface area contributed by atoms with E-state index in [9.17, 15) is 4.79 Å². The first-order valence-corrected chi connectivity index (χ1v) is 19.3. The molecule has 46 heavy (non-hydrogen) atoms. The molecule has 2 aliphatic rings. The van der Waals surface area contributed by atoms with Crippen molar-refractivity contribution in [1.82, 2.24) is 0 Å². The third-order valence-corrected chi connectivity index (χ3v) is 14.2. The number of carbonyl (C=O) groups excluding carboxylic acids is 1. The minimum atomic E-state index is -2.20. The van der Waals surface area contributed by atoms with Gasteiger partial charge in [-0.05, 0) is 48.2 Å². The van der Waals surface area contributed by atoms with Crippen LogP contribution in [-0.2, 0) is 50.9 Å². The van der Waals surface area contributed by atoms with Gasteiger partial charge in [0.05, 0.1) is 37.6 Å². The Kier molecular flexibility index (Phi) is 12.9. The van der Waals surface area contributed by atoms with E-state index < -0.39 is 32.2 Å². The fourth-order valence-electron chi connectivity index (χ4n) is 6.04. The number of carbonyl (C=O) groups is 1. The molecule has 2 aromatic carbocycles. The van der Waals surface area contributed by atoms with Gasteiger partial charge in [-0.3, -0.25) is 4.79 Å². The highest BCUT2D eigenvalue weighted by atomic mass is 28.4. The third-order valence-electron chi connectivity index (χ3n) is 9.67. The molecule has 4 rings (SSSR count). The molecule has 0 aromatic heterocycles. The van der Waals surface area contributed by atoms with Gasteiger partial charge in [-0.1, -0.05) is 88.0 Å². The van der Waals surface area contributed by atoms with Gasteiger partial charge in [0.2, 0.25) is 0 Å². The van der Waals surface area contributed by atoms with E-state index >= 15 is 0 Å². The predicted molar refractivity (Wildman–Crippen MR) is 181 cm³/mol. The minimum Gasteiger partial charge on any atom is -0.411 e. The van der Waals surface area contributed by atoms with Gasteiger partial charge in [-0.2, -0.15) is 0 Å². The quantitative estimate of drug-likeness (QED) is 0.0628. The van der Waals surface area contributed by atoms with Crippen molar-refractivity contribution in [3.8, 4) is 0 Å². The van der Waals surface area contributed by atoms with E-state index in [1.54, 1.807) is 7.11 Å². The molecule has 8 nitrogen and oxygen atoms in total. The average molecular weight is 655 g/mol. The highest BCUT2D eigenvalue weighted by Gasteiger charge is 2.60. The Morgan fingerprint density at radius 2 is 1.63 bits per heavy atom. The summed E-state index contributed by atoms with van der Waals surface area (Å²) in [7, 11) is -0.596. The Morgan fingerprint density at radius 3 is 2.22 bits per heavy atom. The number of methoxy groups -OCH3 is 1. The van der Waals surface area contributed by atoms with Crippen LogP contribution in [0.1, 0.15) is 58.1 Å². The summed E-state index contributed by atoms with van der Waals surface area (Å²) in [5.41, 5.74) is 1.72. The molecule has 7 atom stereocenters. The molecule has 9 heteroatoms. The van der Waals surface area contributed by atoms with E-state index in [4.69, 9.17) is 32.8 Å². The molecule has 0 spiro atoms. The lowest BCUT2D eigenvalue weighted by Crippen LogP contribution is -2.71.